The summed E-state index contributed by atoms with van der Waals surface area (Å²) in [5.41, 5.74) is 2.49. The highest BCUT2D eigenvalue weighted by Crippen LogP contribution is 2.48. The van der Waals surface area contributed by atoms with Crippen molar-refractivity contribution >= 4 is 5.91 Å². The van der Waals surface area contributed by atoms with E-state index < -0.39 is 24.9 Å². The average molecular weight is 565 g/mol. The fourth-order valence-electron chi connectivity index (χ4n) is 5.36. The normalized spacial score (nSPS) is 19.6. The Balaban J connectivity index is 1.47. The molecule has 2 aliphatic rings. The lowest BCUT2D eigenvalue weighted by atomic mass is 9.73. The first-order valence-corrected chi connectivity index (χ1v) is 13.7. The monoisotopic (exact) mass is 564 g/mol. The van der Waals surface area contributed by atoms with Crippen LogP contribution in [0, 0.1) is 5.41 Å². The van der Waals surface area contributed by atoms with E-state index in [1.54, 1.807) is 6.07 Å². The molecule has 1 saturated carbocycles. The molecule has 2 aromatic heterocycles. The molecule has 3 heterocycles. The van der Waals surface area contributed by atoms with E-state index in [0.29, 0.717) is 11.4 Å². The van der Waals surface area contributed by atoms with Gasteiger partial charge >= 0.3 is 6.18 Å². The predicted molar refractivity (Wildman–Crippen MR) is 143 cm³/mol. The summed E-state index contributed by atoms with van der Waals surface area (Å²) in [4.78, 5) is 20.4. The number of rotatable bonds is 10. The second kappa shape index (κ2) is 11.9. The number of halogens is 3. The Bertz CT molecular complexity index is 1180. The molecule has 4 rings (SSSR count). The van der Waals surface area contributed by atoms with Crippen molar-refractivity contribution in [2.45, 2.75) is 96.2 Å². The summed E-state index contributed by atoms with van der Waals surface area (Å²) < 4.78 is 48.8. The van der Waals surface area contributed by atoms with Gasteiger partial charge in [-0.2, -0.15) is 13.2 Å². The summed E-state index contributed by atoms with van der Waals surface area (Å²) in [5, 5.41) is 17.4. The predicted octanol–water partition coefficient (Wildman–Crippen LogP) is 4.45. The van der Waals surface area contributed by atoms with Crippen molar-refractivity contribution in [2.24, 2.45) is 5.41 Å². The molecule has 1 aliphatic carbocycles. The third-order valence-corrected chi connectivity index (χ3v) is 7.26. The van der Waals surface area contributed by atoms with Crippen molar-refractivity contribution in [3.05, 3.63) is 47.3 Å². The lowest BCUT2D eigenvalue weighted by Gasteiger charge is -2.47. The van der Waals surface area contributed by atoms with E-state index in [1.807, 2.05) is 6.20 Å². The molecular weight excluding hydrogens is 525 g/mol. The molecular formula is C29H39F3N4O4. The van der Waals surface area contributed by atoms with Gasteiger partial charge in [0.1, 0.15) is 5.60 Å². The number of nitrogens with zero attached hydrogens (tertiary/aromatic N) is 2. The number of carbonyl (C=O) groups excluding carboxylic acids is 1. The second-order valence-corrected chi connectivity index (χ2v) is 12.3. The number of nitrogens with one attached hydrogen (secondary N) is 2. The van der Waals surface area contributed by atoms with Crippen LogP contribution in [0.4, 0.5) is 13.2 Å². The van der Waals surface area contributed by atoms with Crippen LogP contribution in [0.2, 0.25) is 0 Å². The quantitative estimate of drug-likeness (QED) is 0.392. The Morgan fingerprint density at radius 1 is 1.23 bits per heavy atom. The zero-order valence-electron chi connectivity index (χ0n) is 23.5. The summed E-state index contributed by atoms with van der Waals surface area (Å²) in [6.07, 6.45) is 2.55. The maximum atomic E-state index is 12.5. The van der Waals surface area contributed by atoms with Crippen LogP contribution in [0.15, 0.2) is 30.6 Å². The minimum absolute atomic E-state index is 0.0904. The topological polar surface area (TPSA) is 106 Å². The van der Waals surface area contributed by atoms with Crippen LogP contribution in [0.1, 0.15) is 76.1 Å². The van der Waals surface area contributed by atoms with Gasteiger partial charge in [0, 0.05) is 50.0 Å². The number of alkyl halides is 3. The molecule has 220 valence electrons. The highest BCUT2D eigenvalue weighted by Gasteiger charge is 2.46. The fraction of sp³-hybridized carbons (Fsp3) is 0.621. The number of aliphatic hydroxyl groups excluding tert-OH is 1. The molecule has 0 saturated heterocycles. The number of ether oxygens (including phenoxy) is 2. The van der Waals surface area contributed by atoms with Crippen LogP contribution in [0.5, 0.6) is 11.8 Å². The molecule has 1 fully saturated rings. The molecule has 0 aromatic carbocycles. The SMILES string of the molecule is CC(=O)N[C@@H](Cc1ccnc(OCC(F)(F)F)c1)[C@H](O)CN[C@H]1CC2(CCC2)Oc2ncc(CC(C)(C)C)cc21. The molecule has 1 aliphatic heterocycles. The Hall–Kier alpha value is -2.92. The fourth-order valence-corrected chi connectivity index (χ4v) is 5.36. The van der Waals surface area contributed by atoms with Gasteiger partial charge in [-0.15, -0.1) is 0 Å². The lowest BCUT2D eigenvalue weighted by molar-refractivity contribution is -0.154. The zero-order chi connectivity index (χ0) is 29.1. The highest BCUT2D eigenvalue weighted by molar-refractivity contribution is 5.73. The number of aromatic nitrogens is 2. The van der Waals surface area contributed by atoms with Crippen molar-refractivity contribution in [2.75, 3.05) is 13.2 Å². The molecule has 1 amide bonds. The Morgan fingerprint density at radius 2 is 1.98 bits per heavy atom. The van der Waals surface area contributed by atoms with Gasteiger partial charge in [0.15, 0.2) is 6.61 Å². The second-order valence-electron chi connectivity index (χ2n) is 12.3. The van der Waals surface area contributed by atoms with Crippen molar-refractivity contribution in [1.29, 1.82) is 0 Å². The summed E-state index contributed by atoms with van der Waals surface area (Å²) in [6, 6.07) is 4.36. The summed E-state index contributed by atoms with van der Waals surface area (Å²) in [7, 11) is 0. The van der Waals surface area contributed by atoms with Gasteiger partial charge in [-0.05, 0) is 60.8 Å². The third kappa shape index (κ3) is 8.30. The number of fused-ring (bicyclic) bond motifs is 1. The number of aliphatic hydroxyl groups is 1. The van der Waals surface area contributed by atoms with E-state index in [4.69, 9.17) is 9.47 Å². The molecule has 1 spiro atoms. The third-order valence-electron chi connectivity index (χ3n) is 7.26. The van der Waals surface area contributed by atoms with Crippen molar-refractivity contribution in [3.8, 4) is 11.8 Å². The molecule has 40 heavy (non-hydrogen) atoms. The number of hydrogen-bond acceptors (Lipinski definition) is 7. The van der Waals surface area contributed by atoms with Gasteiger partial charge in [-0.3, -0.25) is 4.79 Å². The molecule has 0 bridgehead atoms. The first kappa shape index (κ1) is 30.0. The van der Waals surface area contributed by atoms with Crippen LogP contribution in [-0.2, 0) is 17.6 Å². The van der Waals surface area contributed by atoms with Gasteiger partial charge in [0.05, 0.1) is 12.1 Å². The van der Waals surface area contributed by atoms with Crippen molar-refractivity contribution in [3.63, 3.8) is 0 Å². The summed E-state index contributed by atoms with van der Waals surface area (Å²) in [5.74, 6) is 0.122. The van der Waals surface area contributed by atoms with Crippen molar-refractivity contribution < 1.29 is 32.5 Å². The van der Waals surface area contributed by atoms with Gasteiger partial charge in [-0.25, -0.2) is 9.97 Å². The molecule has 3 atom stereocenters. The zero-order valence-corrected chi connectivity index (χ0v) is 23.5. The minimum Gasteiger partial charge on any atom is -0.471 e. The average Bonchev–Trinajstić information content (AvgIpc) is 2.83. The number of pyridine rings is 2. The van der Waals surface area contributed by atoms with E-state index >= 15 is 0 Å². The van der Waals surface area contributed by atoms with Crippen LogP contribution >= 0.6 is 0 Å². The maximum absolute atomic E-state index is 12.5. The minimum atomic E-state index is -4.48. The van der Waals surface area contributed by atoms with E-state index in [1.165, 1.54) is 19.2 Å². The van der Waals surface area contributed by atoms with Gasteiger partial charge in [0.25, 0.3) is 0 Å². The molecule has 11 heteroatoms. The van der Waals surface area contributed by atoms with E-state index in [2.05, 4.69) is 47.4 Å². The highest BCUT2D eigenvalue weighted by atomic mass is 19.4. The van der Waals surface area contributed by atoms with Gasteiger partial charge < -0.3 is 25.2 Å². The van der Waals surface area contributed by atoms with Gasteiger partial charge in [-0.1, -0.05) is 20.8 Å². The van der Waals surface area contributed by atoms with Crippen LogP contribution in [0.25, 0.3) is 0 Å². The molecule has 2 aromatic rings. The first-order valence-electron chi connectivity index (χ1n) is 13.7. The summed E-state index contributed by atoms with van der Waals surface area (Å²) >= 11 is 0. The van der Waals surface area contributed by atoms with Crippen LogP contribution in [0.3, 0.4) is 0 Å². The van der Waals surface area contributed by atoms with E-state index in [-0.39, 0.29) is 41.8 Å². The largest absolute Gasteiger partial charge is 0.471 e. The Kier molecular flexibility index (Phi) is 8.94. The van der Waals surface area contributed by atoms with E-state index in [9.17, 15) is 23.1 Å². The number of hydrogen-bond donors (Lipinski definition) is 3. The smallest absolute Gasteiger partial charge is 0.422 e. The van der Waals surface area contributed by atoms with Gasteiger partial charge in [0.2, 0.25) is 17.7 Å². The Labute approximate surface area is 233 Å². The van der Waals surface area contributed by atoms with E-state index in [0.717, 1.165) is 43.2 Å². The lowest BCUT2D eigenvalue weighted by Crippen LogP contribution is -2.52. The molecule has 8 nitrogen and oxygen atoms in total. The summed E-state index contributed by atoms with van der Waals surface area (Å²) in [6.45, 7) is 6.61. The molecule has 3 N–H and O–H groups in total. The standard InChI is InChI=1S/C29H39F3N4O4/c1-18(37)36-22(11-19-6-9-33-25(12-19)39-17-29(30,31)32)24(38)16-34-23-14-28(7-5-8-28)40-26-21(23)10-20(15-35-26)13-27(2,3)4/h6,9-10,12,15,22-24,34,38H,5,7-8,11,13-14,16-17H2,1-4H3,(H,36,37)/t22-,23-,24+/m0/s1. The molecule has 0 radical (unpaired) electrons. The maximum Gasteiger partial charge on any atom is 0.422 e. The van der Waals surface area contributed by atoms with Crippen LogP contribution in [-0.4, -0.2) is 58.1 Å². The van der Waals surface area contributed by atoms with Crippen molar-refractivity contribution in [1.82, 2.24) is 20.6 Å². The molecule has 0 unspecified atom stereocenters. The number of carbonyl (C=O) groups is 1. The van der Waals surface area contributed by atoms with Crippen LogP contribution < -0.4 is 20.1 Å². The number of amides is 1. The first-order chi connectivity index (χ1) is 18.7. The Morgan fingerprint density at radius 3 is 2.60 bits per heavy atom.